The first-order valence-corrected chi connectivity index (χ1v) is 7.80. The number of rotatable bonds is 5. The SMILES string of the molecule is O=C(Oc1ccccc1C(=O)C(=O)c1ccccc1)c1ccc(O)cc1. The summed E-state index contributed by atoms with van der Waals surface area (Å²) in [7, 11) is 0. The lowest BCUT2D eigenvalue weighted by molar-refractivity contribution is 0.0727. The van der Waals surface area contributed by atoms with Crippen molar-refractivity contribution in [3.8, 4) is 11.5 Å². The fraction of sp³-hybridized carbons (Fsp3) is 0. The Kier molecular flexibility index (Phi) is 4.90. The van der Waals surface area contributed by atoms with Crippen molar-refractivity contribution in [1.82, 2.24) is 0 Å². The molecule has 0 amide bonds. The molecule has 0 spiro atoms. The number of phenolic OH excluding ortho intramolecular Hbond substituents is 1. The van der Waals surface area contributed by atoms with Crippen LogP contribution < -0.4 is 4.74 Å². The maximum absolute atomic E-state index is 12.6. The molecule has 0 heterocycles. The number of phenols is 1. The van der Waals surface area contributed by atoms with Crippen LogP contribution in [0.4, 0.5) is 0 Å². The minimum absolute atomic E-state index is 0.000133. The smallest absolute Gasteiger partial charge is 0.343 e. The molecule has 0 fully saturated rings. The zero-order valence-electron chi connectivity index (χ0n) is 13.6. The second-order valence-electron chi connectivity index (χ2n) is 5.46. The molecule has 0 aliphatic rings. The number of carbonyl (C=O) groups excluding carboxylic acids is 3. The van der Waals surface area contributed by atoms with Gasteiger partial charge in [-0.2, -0.15) is 0 Å². The van der Waals surface area contributed by atoms with Gasteiger partial charge in [0.25, 0.3) is 0 Å². The van der Waals surface area contributed by atoms with Gasteiger partial charge in [-0.3, -0.25) is 9.59 Å². The first kappa shape index (κ1) is 17.1. The third kappa shape index (κ3) is 3.67. The third-order valence-corrected chi connectivity index (χ3v) is 3.68. The standard InChI is InChI=1S/C21H14O5/c22-16-12-10-15(11-13-16)21(25)26-18-9-5-4-8-17(18)20(24)19(23)14-6-2-1-3-7-14/h1-13,22H. The lowest BCUT2D eigenvalue weighted by Gasteiger charge is -2.09. The van der Waals surface area contributed by atoms with Gasteiger partial charge < -0.3 is 9.84 Å². The van der Waals surface area contributed by atoms with E-state index in [0.29, 0.717) is 0 Å². The summed E-state index contributed by atoms with van der Waals surface area (Å²) in [5.74, 6) is -2.12. The van der Waals surface area contributed by atoms with Gasteiger partial charge in [0.15, 0.2) is 0 Å². The van der Waals surface area contributed by atoms with E-state index < -0.39 is 17.5 Å². The highest BCUT2D eigenvalue weighted by molar-refractivity contribution is 6.49. The molecule has 0 saturated heterocycles. The summed E-state index contributed by atoms with van der Waals surface area (Å²) in [5, 5.41) is 9.28. The summed E-state index contributed by atoms with van der Waals surface area (Å²) in [6.07, 6.45) is 0. The lowest BCUT2D eigenvalue weighted by Crippen LogP contribution is -2.17. The molecule has 0 atom stereocenters. The highest BCUT2D eigenvalue weighted by atomic mass is 16.5. The van der Waals surface area contributed by atoms with Crippen molar-refractivity contribution in [3.63, 3.8) is 0 Å². The Morgan fingerprint density at radius 3 is 1.96 bits per heavy atom. The monoisotopic (exact) mass is 346 g/mol. The predicted molar refractivity (Wildman–Crippen MR) is 94.6 cm³/mol. The maximum Gasteiger partial charge on any atom is 0.343 e. The van der Waals surface area contributed by atoms with E-state index in [-0.39, 0.29) is 28.2 Å². The number of hydrogen-bond acceptors (Lipinski definition) is 5. The summed E-state index contributed by atoms with van der Waals surface area (Å²) in [6, 6.07) is 19.7. The van der Waals surface area contributed by atoms with Crippen LogP contribution in [0.5, 0.6) is 11.5 Å². The Morgan fingerprint density at radius 1 is 0.654 bits per heavy atom. The molecule has 5 heteroatoms. The second-order valence-corrected chi connectivity index (χ2v) is 5.46. The van der Waals surface area contributed by atoms with E-state index in [1.165, 1.54) is 36.4 Å². The van der Waals surface area contributed by atoms with E-state index in [4.69, 9.17) is 4.74 Å². The van der Waals surface area contributed by atoms with Gasteiger partial charge in [-0.1, -0.05) is 42.5 Å². The summed E-state index contributed by atoms with van der Waals surface area (Å²) in [6.45, 7) is 0. The molecule has 26 heavy (non-hydrogen) atoms. The number of benzene rings is 3. The van der Waals surface area contributed by atoms with Gasteiger partial charge in [-0.05, 0) is 36.4 Å². The average Bonchev–Trinajstić information content (AvgIpc) is 2.68. The molecule has 128 valence electrons. The van der Waals surface area contributed by atoms with Gasteiger partial charge >= 0.3 is 5.97 Å². The van der Waals surface area contributed by atoms with Gasteiger partial charge in [0, 0.05) is 5.56 Å². The van der Waals surface area contributed by atoms with Gasteiger partial charge in [-0.15, -0.1) is 0 Å². The van der Waals surface area contributed by atoms with Crippen molar-refractivity contribution < 1.29 is 24.2 Å². The van der Waals surface area contributed by atoms with Gasteiger partial charge in [0.05, 0.1) is 11.1 Å². The Bertz CT molecular complexity index is 959. The van der Waals surface area contributed by atoms with E-state index in [1.807, 2.05) is 0 Å². The number of Topliss-reactive ketones (excluding diaryl/α,β-unsaturated/α-hetero) is 2. The number of para-hydroxylation sites is 1. The van der Waals surface area contributed by atoms with E-state index in [1.54, 1.807) is 42.5 Å². The van der Waals surface area contributed by atoms with Crippen molar-refractivity contribution in [1.29, 1.82) is 0 Å². The molecule has 0 bridgehead atoms. The van der Waals surface area contributed by atoms with Crippen molar-refractivity contribution in [2.75, 3.05) is 0 Å². The van der Waals surface area contributed by atoms with Crippen LogP contribution in [-0.2, 0) is 0 Å². The molecule has 0 aliphatic carbocycles. The highest BCUT2D eigenvalue weighted by Crippen LogP contribution is 2.22. The normalized spacial score (nSPS) is 10.2. The van der Waals surface area contributed by atoms with Crippen molar-refractivity contribution >= 4 is 17.5 Å². The maximum atomic E-state index is 12.6. The Labute approximate surface area is 149 Å². The molecule has 0 unspecified atom stereocenters. The minimum Gasteiger partial charge on any atom is -0.508 e. The van der Waals surface area contributed by atoms with Crippen LogP contribution in [0, 0.1) is 0 Å². The Morgan fingerprint density at radius 2 is 1.27 bits per heavy atom. The number of aromatic hydroxyl groups is 1. The number of esters is 1. The van der Waals surface area contributed by atoms with Gasteiger partial charge in [0.1, 0.15) is 11.5 Å². The highest BCUT2D eigenvalue weighted by Gasteiger charge is 2.23. The Balaban J connectivity index is 1.86. The van der Waals surface area contributed by atoms with Gasteiger partial charge in [0.2, 0.25) is 11.6 Å². The Hall–Kier alpha value is -3.73. The minimum atomic E-state index is -0.759. The van der Waals surface area contributed by atoms with Crippen molar-refractivity contribution in [2.24, 2.45) is 0 Å². The van der Waals surface area contributed by atoms with Crippen LogP contribution in [0.1, 0.15) is 31.1 Å². The molecular weight excluding hydrogens is 332 g/mol. The summed E-state index contributed by atoms with van der Waals surface area (Å²) in [5.41, 5.74) is 0.477. The molecule has 3 rings (SSSR count). The fourth-order valence-corrected chi connectivity index (χ4v) is 2.34. The van der Waals surface area contributed by atoms with Crippen LogP contribution in [0.25, 0.3) is 0 Å². The predicted octanol–water partition coefficient (Wildman–Crippen LogP) is 3.68. The second kappa shape index (κ2) is 7.44. The number of hydrogen-bond donors (Lipinski definition) is 1. The molecule has 3 aromatic rings. The van der Waals surface area contributed by atoms with Crippen LogP contribution in [0.3, 0.4) is 0 Å². The van der Waals surface area contributed by atoms with E-state index in [9.17, 15) is 19.5 Å². The topological polar surface area (TPSA) is 80.7 Å². The molecule has 0 aromatic heterocycles. The summed E-state index contributed by atoms with van der Waals surface area (Å²) >= 11 is 0. The number of carbonyl (C=O) groups is 3. The first-order chi connectivity index (χ1) is 12.6. The van der Waals surface area contributed by atoms with E-state index in [0.717, 1.165) is 0 Å². The zero-order chi connectivity index (χ0) is 18.5. The van der Waals surface area contributed by atoms with Crippen LogP contribution in [0.2, 0.25) is 0 Å². The molecule has 0 radical (unpaired) electrons. The van der Waals surface area contributed by atoms with Crippen LogP contribution >= 0.6 is 0 Å². The number of ketones is 2. The third-order valence-electron chi connectivity index (χ3n) is 3.68. The molecule has 1 N–H and O–H groups in total. The fourth-order valence-electron chi connectivity index (χ4n) is 2.34. The first-order valence-electron chi connectivity index (χ1n) is 7.80. The number of ether oxygens (including phenoxy) is 1. The van der Waals surface area contributed by atoms with Gasteiger partial charge in [-0.25, -0.2) is 4.79 Å². The molecule has 0 aliphatic heterocycles. The van der Waals surface area contributed by atoms with Crippen LogP contribution in [-0.4, -0.2) is 22.6 Å². The molecule has 5 nitrogen and oxygen atoms in total. The van der Waals surface area contributed by atoms with Crippen molar-refractivity contribution in [3.05, 3.63) is 95.6 Å². The average molecular weight is 346 g/mol. The zero-order valence-corrected chi connectivity index (χ0v) is 13.6. The molecular formula is C21H14O5. The van der Waals surface area contributed by atoms with Crippen LogP contribution in [0.15, 0.2) is 78.9 Å². The summed E-state index contributed by atoms with van der Waals surface area (Å²) < 4.78 is 5.28. The quantitative estimate of drug-likeness (QED) is 0.330. The molecule has 3 aromatic carbocycles. The molecule has 0 saturated carbocycles. The lowest BCUT2D eigenvalue weighted by atomic mass is 10.0. The summed E-state index contributed by atoms with van der Waals surface area (Å²) in [4.78, 5) is 37.2. The largest absolute Gasteiger partial charge is 0.508 e. The van der Waals surface area contributed by atoms with Crippen molar-refractivity contribution in [2.45, 2.75) is 0 Å². The van der Waals surface area contributed by atoms with E-state index >= 15 is 0 Å². The van der Waals surface area contributed by atoms with E-state index in [2.05, 4.69) is 0 Å².